The summed E-state index contributed by atoms with van der Waals surface area (Å²) < 4.78 is 6.16. The van der Waals surface area contributed by atoms with E-state index in [9.17, 15) is 0 Å². The Morgan fingerprint density at radius 1 is 0.600 bits per heavy atom. The van der Waals surface area contributed by atoms with E-state index in [0.29, 0.717) is 11.5 Å². The van der Waals surface area contributed by atoms with Crippen LogP contribution in [-0.2, 0) is 20.4 Å². The molecule has 0 aliphatic carbocycles. The molecule has 152 valence electrons. The van der Waals surface area contributed by atoms with Gasteiger partial charge in [0.25, 0.3) is 0 Å². The summed E-state index contributed by atoms with van der Waals surface area (Å²) in [7, 11) is 0. The Hall–Kier alpha value is -2.80. The number of aromatic nitrogens is 2. The fraction of sp³-hybridized carbons (Fsp3) is 0.154. The van der Waals surface area contributed by atoms with E-state index in [1.807, 2.05) is 50.5 Å². The monoisotopic (exact) mass is 484 g/mol. The number of hydrogen-bond acceptors (Lipinski definition) is 3. The average Bonchev–Trinajstić information content (AvgIpc) is 2.67. The Balaban J connectivity index is 0.00000256. The first-order valence-electron chi connectivity index (χ1n) is 9.58. The molecule has 0 N–H and O–H groups in total. The van der Waals surface area contributed by atoms with Gasteiger partial charge in [0.1, 0.15) is 0 Å². The fourth-order valence-electron chi connectivity index (χ4n) is 3.23. The number of benzene rings is 2. The zero-order valence-corrected chi connectivity index (χ0v) is 18.9. The largest absolute Gasteiger partial charge is 2.00 e. The number of nitrogens with zero attached hydrogens (tertiary/aromatic N) is 2. The maximum Gasteiger partial charge on any atom is 2.00 e. The van der Waals surface area contributed by atoms with Crippen LogP contribution in [0.4, 0.5) is 0 Å². The van der Waals surface area contributed by atoms with E-state index < -0.39 is 0 Å². The minimum absolute atomic E-state index is 0. The van der Waals surface area contributed by atoms with E-state index in [0.717, 1.165) is 44.8 Å². The molecule has 0 fully saturated rings. The van der Waals surface area contributed by atoms with Crippen molar-refractivity contribution < 1.29 is 25.2 Å². The van der Waals surface area contributed by atoms with Crippen molar-refractivity contribution >= 4 is 0 Å². The van der Waals surface area contributed by atoms with Gasteiger partial charge in [0.05, 0.1) is 0 Å². The molecule has 0 unspecified atom stereocenters. The number of hydrogen-bond donors (Lipinski definition) is 0. The number of pyridine rings is 2. The minimum Gasteiger partial charge on any atom is -0.497 e. The fourth-order valence-corrected chi connectivity index (χ4v) is 3.23. The third-order valence-corrected chi connectivity index (χ3v) is 4.58. The minimum atomic E-state index is 0. The third-order valence-electron chi connectivity index (χ3n) is 4.58. The first-order valence-corrected chi connectivity index (χ1v) is 9.58. The molecule has 0 spiro atoms. The second-order valence-electron chi connectivity index (χ2n) is 7.41. The third kappa shape index (κ3) is 5.22. The van der Waals surface area contributed by atoms with Crippen molar-refractivity contribution in [2.75, 3.05) is 0 Å². The Bertz CT molecular complexity index is 1090. The van der Waals surface area contributed by atoms with Gasteiger partial charge < -0.3 is 14.7 Å². The summed E-state index contributed by atoms with van der Waals surface area (Å²) >= 11 is 0. The zero-order valence-electron chi connectivity index (χ0n) is 17.4. The SMILES string of the molecule is Cc1cc(Oc2[c-]c(-c3cc(C)ccn3)cc(C)c2)[c-]c(-c2cc(C)ccn2)c1.[Pd+2]. The van der Waals surface area contributed by atoms with Crippen LogP contribution >= 0.6 is 0 Å². The molecule has 0 atom stereocenters. The average molecular weight is 485 g/mol. The summed E-state index contributed by atoms with van der Waals surface area (Å²) in [4.78, 5) is 8.94. The molecule has 0 saturated heterocycles. The van der Waals surface area contributed by atoms with Crippen LogP contribution in [-0.4, -0.2) is 9.97 Å². The van der Waals surface area contributed by atoms with E-state index in [-0.39, 0.29) is 20.4 Å². The second kappa shape index (κ2) is 9.34. The molecule has 0 aliphatic heterocycles. The van der Waals surface area contributed by atoms with E-state index in [4.69, 9.17) is 4.74 Å². The summed E-state index contributed by atoms with van der Waals surface area (Å²) in [5.41, 5.74) is 8.10. The van der Waals surface area contributed by atoms with Crippen molar-refractivity contribution in [1.82, 2.24) is 9.97 Å². The van der Waals surface area contributed by atoms with Gasteiger partial charge in [0.15, 0.2) is 0 Å². The van der Waals surface area contributed by atoms with Crippen LogP contribution in [0.25, 0.3) is 22.5 Å². The molecular formula is C26H22N2OPd. The van der Waals surface area contributed by atoms with E-state index in [1.165, 1.54) is 0 Å². The van der Waals surface area contributed by atoms with Crippen molar-refractivity contribution in [3.05, 3.63) is 95.3 Å². The van der Waals surface area contributed by atoms with Crippen LogP contribution in [0, 0.1) is 39.8 Å². The van der Waals surface area contributed by atoms with E-state index >= 15 is 0 Å². The molecule has 0 radical (unpaired) electrons. The van der Waals surface area contributed by atoms with Crippen molar-refractivity contribution in [3.63, 3.8) is 0 Å². The summed E-state index contributed by atoms with van der Waals surface area (Å²) in [6.07, 6.45) is 3.63. The van der Waals surface area contributed by atoms with Crippen LogP contribution in [0.1, 0.15) is 22.3 Å². The van der Waals surface area contributed by atoms with Crippen LogP contribution in [0.5, 0.6) is 11.5 Å². The first-order chi connectivity index (χ1) is 14.0. The van der Waals surface area contributed by atoms with Crippen LogP contribution in [0.2, 0.25) is 0 Å². The Labute approximate surface area is 191 Å². The Morgan fingerprint density at radius 3 is 1.43 bits per heavy atom. The van der Waals surface area contributed by atoms with Gasteiger partial charge in [-0.1, -0.05) is 61.4 Å². The maximum absolute atomic E-state index is 6.16. The molecule has 30 heavy (non-hydrogen) atoms. The van der Waals surface area contributed by atoms with Crippen molar-refractivity contribution in [2.24, 2.45) is 0 Å². The number of ether oxygens (including phenoxy) is 1. The predicted octanol–water partition coefficient (Wildman–Crippen LogP) is 6.43. The second-order valence-corrected chi connectivity index (χ2v) is 7.41. The molecule has 0 aliphatic rings. The van der Waals surface area contributed by atoms with Crippen LogP contribution < -0.4 is 4.74 Å². The topological polar surface area (TPSA) is 35.0 Å². The first kappa shape index (κ1) is 21.9. The molecule has 3 nitrogen and oxygen atoms in total. The van der Waals surface area contributed by atoms with Gasteiger partial charge in [-0.3, -0.25) is 0 Å². The Morgan fingerprint density at radius 2 is 1.03 bits per heavy atom. The quantitative estimate of drug-likeness (QED) is 0.247. The molecule has 0 amide bonds. The van der Waals surface area contributed by atoms with E-state index in [1.54, 1.807) is 0 Å². The van der Waals surface area contributed by atoms with Crippen molar-refractivity contribution in [2.45, 2.75) is 27.7 Å². The molecule has 4 heteroatoms. The van der Waals surface area contributed by atoms with Crippen LogP contribution in [0.3, 0.4) is 0 Å². The van der Waals surface area contributed by atoms with Gasteiger partial charge in [-0.15, -0.1) is 34.4 Å². The molecule has 2 heterocycles. The Kier molecular flexibility index (Phi) is 6.82. The van der Waals surface area contributed by atoms with Gasteiger partial charge in [-0.2, -0.15) is 0 Å². The molecule has 4 aromatic rings. The summed E-state index contributed by atoms with van der Waals surface area (Å²) in [6, 6.07) is 22.8. The van der Waals surface area contributed by atoms with Gasteiger partial charge in [-0.25, -0.2) is 0 Å². The standard InChI is InChI=1S/C26H22N2O.Pd/c1-17-5-7-27-25(13-17)21-9-19(3)11-23(15-21)29-24-12-20(4)10-22(16-24)26-14-18(2)6-8-28-26;/h5-14H,1-4H3;/q-2;+2. The van der Waals surface area contributed by atoms with Gasteiger partial charge >= 0.3 is 20.4 Å². The molecule has 4 rings (SSSR count). The zero-order chi connectivity index (χ0) is 20.4. The number of rotatable bonds is 4. The maximum atomic E-state index is 6.16. The van der Waals surface area contributed by atoms with Gasteiger partial charge in [0, 0.05) is 23.9 Å². The number of aryl methyl sites for hydroxylation is 4. The molecule has 0 bridgehead atoms. The molecule has 2 aromatic carbocycles. The van der Waals surface area contributed by atoms with Gasteiger partial charge in [-0.05, 0) is 37.4 Å². The van der Waals surface area contributed by atoms with Crippen LogP contribution in [0.15, 0.2) is 60.9 Å². The molecule has 2 aromatic heterocycles. The predicted molar refractivity (Wildman–Crippen MR) is 116 cm³/mol. The normalized spacial score (nSPS) is 10.4. The molecular weight excluding hydrogens is 463 g/mol. The summed E-state index contributed by atoms with van der Waals surface area (Å²) in [5, 5.41) is 0. The molecule has 0 saturated carbocycles. The summed E-state index contributed by atoms with van der Waals surface area (Å²) in [5.74, 6) is 1.29. The smallest absolute Gasteiger partial charge is 0.497 e. The summed E-state index contributed by atoms with van der Waals surface area (Å²) in [6.45, 7) is 8.20. The van der Waals surface area contributed by atoms with Gasteiger partial charge in [0.2, 0.25) is 0 Å². The van der Waals surface area contributed by atoms with Crippen molar-refractivity contribution in [3.8, 4) is 34.0 Å². The van der Waals surface area contributed by atoms with Crippen molar-refractivity contribution in [1.29, 1.82) is 0 Å². The van der Waals surface area contributed by atoms with E-state index in [2.05, 4.69) is 60.2 Å².